The van der Waals surface area contributed by atoms with Crippen molar-refractivity contribution in [3.8, 4) is 0 Å². The summed E-state index contributed by atoms with van der Waals surface area (Å²) in [5.74, 6) is 0.767. The number of nitrogens with zero attached hydrogens (tertiary/aromatic N) is 2. The number of pyridine rings is 1. The molecule has 3 heterocycles. The second-order valence-electron chi connectivity index (χ2n) is 8.34. The van der Waals surface area contributed by atoms with Crippen molar-refractivity contribution in [1.82, 2.24) is 15.2 Å². The lowest BCUT2D eigenvalue weighted by atomic mass is 10.0. The first-order valence-corrected chi connectivity index (χ1v) is 12.5. The van der Waals surface area contributed by atoms with Gasteiger partial charge >= 0.3 is 6.09 Å². The SMILES string of the molecule is CC(C)(C)OC(=O)N1CCC(NC(C(=S)CSc2ccncc2)c2ccsc2)CC1. The van der Waals surface area contributed by atoms with Crippen molar-refractivity contribution < 1.29 is 9.53 Å². The summed E-state index contributed by atoms with van der Waals surface area (Å²) in [6.07, 6.45) is 5.16. The lowest BCUT2D eigenvalue weighted by Crippen LogP contribution is -2.48. The zero-order valence-electron chi connectivity index (χ0n) is 17.7. The molecule has 8 heteroatoms. The van der Waals surface area contributed by atoms with Crippen LogP contribution in [-0.2, 0) is 4.74 Å². The summed E-state index contributed by atoms with van der Waals surface area (Å²) in [4.78, 5) is 20.3. The Morgan fingerprint density at radius 1 is 1.33 bits per heavy atom. The molecule has 1 aliphatic rings. The van der Waals surface area contributed by atoms with Crippen LogP contribution in [0, 0.1) is 0 Å². The van der Waals surface area contributed by atoms with E-state index in [1.165, 1.54) is 10.5 Å². The minimum atomic E-state index is -0.463. The first-order chi connectivity index (χ1) is 14.3. The minimum Gasteiger partial charge on any atom is -0.444 e. The average Bonchev–Trinajstić information content (AvgIpc) is 3.24. The molecule has 1 unspecified atom stereocenters. The van der Waals surface area contributed by atoms with Gasteiger partial charge in [0.25, 0.3) is 0 Å². The molecule has 1 saturated heterocycles. The van der Waals surface area contributed by atoms with E-state index in [9.17, 15) is 4.79 Å². The standard InChI is InChI=1S/C22H29N3O2S3/c1-22(2,3)27-21(26)25-11-6-17(7-12-25)24-20(16-8-13-29-14-16)19(28)15-30-18-4-9-23-10-5-18/h4-5,8-10,13-14,17,20,24H,6-7,11-12,15H2,1-3H3. The number of likely N-dealkylation sites (tertiary alicyclic amines) is 1. The van der Waals surface area contributed by atoms with Gasteiger partial charge in [0.1, 0.15) is 5.60 Å². The first-order valence-electron chi connectivity index (χ1n) is 10.1. The monoisotopic (exact) mass is 463 g/mol. The maximum Gasteiger partial charge on any atom is 0.410 e. The van der Waals surface area contributed by atoms with Gasteiger partial charge in [-0.3, -0.25) is 4.98 Å². The van der Waals surface area contributed by atoms with Crippen molar-refractivity contribution in [3.63, 3.8) is 0 Å². The van der Waals surface area contributed by atoms with E-state index < -0.39 is 5.60 Å². The quantitative estimate of drug-likeness (QED) is 0.442. The fraction of sp³-hybridized carbons (Fsp3) is 0.500. The van der Waals surface area contributed by atoms with Crippen LogP contribution >= 0.6 is 35.3 Å². The van der Waals surface area contributed by atoms with Gasteiger partial charge in [-0.05, 0) is 68.1 Å². The number of nitrogens with one attached hydrogen (secondary N) is 1. The van der Waals surface area contributed by atoms with E-state index in [0.717, 1.165) is 23.5 Å². The molecule has 1 atom stereocenters. The Morgan fingerprint density at radius 2 is 2.03 bits per heavy atom. The molecule has 0 aliphatic carbocycles. The fourth-order valence-electron chi connectivity index (χ4n) is 3.28. The number of thioether (sulfide) groups is 1. The zero-order valence-corrected chi connectivity index (χ0v) is 20.1. The maximum atomic E-state index is 12.3. The van der Waals surface area contributed by atoms with E-state index in [0.29, 0.717) is 19.1 Å². The van der Waals surface area contributed by atoms with Crippen LogP contribution in [-0.4, -0.2) is 51.3 Å². The van der Waals surface area contributed by atoms with Gasteiger partial charge in [0.2, 0.25) is 0 Å². The normalized spacial score (nSPS) is 16.3. The fourth-order valence-corrected chi connectivity index (χ4v) is 5.13. The van der Waals surface area contributed by atoms with Gasteiger partial charge in [0.05, 0.1) is 6.04 Å². The molecule has 0 spiro atoms. The smallest absolute Gasteiger partial charge is 0.410 e. The van der Waals surface area contributed by atoms with E-state index in [4.69, 9.17) is 17.0 Å². The van der Waals surface area contributed by atoms with Crippen LogP contribution in [0.15, 0.2) is 46.2 Å². The third-order valence-electron chi connectivity index (χ3n) is 4.78. The molecule has 162 valence electrons. The molecule has 2 aromatic heterocycles. The van der Waals surface area contributed by atoms with Gasteiger partial charge in [-0.15, -0.1) is 11.8 Å². The van der Waals surface area contributed by atoms with E-state index in [1.807, 2.05) is 32.9 Å². The molecule has 30 heavy (non-hydrogen) atoms. The molecule has 3 rings (SSSR count). The summed E-state index contributed by atoms with van der Waals surface area (Å²) in [7, 11) is 0. The third kappa shape index (κ3) is 7.04. The van der Waals surface area contributed by atoms with E-state index in [2.05, 4.69) is 27.1 Å². The second kappa shape index (κ2) is 10.7. The third-order valence-corrected chi connectivity index (χ3v) is 7.10. The van der Waals surface area contributed by atoms with Crippen LogP contribution in [0.1, 0.15) is 45.2 Å². The predicted molar refractivity (Wildman–Crippen MR) is 129 cm³/mol. The molecule has 2 aromatic rings. The number of hydrogen-bond acceptors (Lipinski definition) is 7. The van der Waals surface area contributed by atoms with Crippen LogP contribution in [0.2, 0.25) is 0 Å². The first kappa shape index (κ1) is 23.2. The largest absolute Gasteiger partial charge is 0.444 e. The highest BCUT2D eigenvalue weighted by molar-refractivity contribution is 8.01. The number of aromatic nitrogens is 1. The van der Waals surface area contributed by atoms with Crippen molar-refractivity contribution in [3.05, 3.63) is 46.9 Å². The molecule has 0 aromatic carbocycles. The molecule has 1 N–H and O–H groups in total. The van der Waals surface area contributed by atoms with Crippen molar-refractivity contribution >= 4 is 46.3 Å². The molecular formula is C22H29N3O2S3. The summed E-state index contributed by atoms with van der Waals surface area (Å²) >= 11 is 9.26. The van der Waals surface area contributed by atoms with Gasteiger partial charge in [0.15, 0.2) is 0 Å². The Labute approximate surface area is 192 Å². The van der Waals surface area contributed by atoms with Crippen molar-refractivity contribution in [2.45, 2.75) is 56.2 Å². The van der Waals surface area contributed by atoms with Gasteiger partial charge in [-0.1, -0.05) is 12.2 Å². The van der Waals surface area contributed by atoms with Crippen molar-refractivity contribution in [1.29, 1.82) is 0 Å². The van der Waals surface area contributed by atoms with E-state index >= 15 is 0 Å². The van der Waals surface area contributed by atoms with Gasteiger partial charge in [0, 0.05) is 47.0 Å². The molecule has 1 aliphatic heterocycles. The highest BCUT2D eigenvalue weighted by atomic mass is 32.2. The number of rotatable bonds is 7. The highest BCUT2D eigenvalue weighted by Gasteiger charge is 2.29. The van der Waals surface area contributed by atoms with Crippen molar-refractivity contribution in [2.24, 2.45) is 0 Å². The van der Waals surface area contributed by atoms with Crippen LogP contribution in [0.4, 0.5) is 4.79 Å². The minimum absolute atomic E-state index is 0.0404. The Hall–Kier alpha value is -1.48. The Balaban J connectivity index is 1.56. The topological polar surface area (TPSA) is 54.5 Å². The van der Waals surface area contributed by atoms with Gasteiger partial charge in [-0.2, -0.15) is 11.3 Å². The highest BCUT2D eigenvalue weighted by Crippen LogP contribution is 2.26. The Kier molecular flexibility index (Phi) is 8.27. The summed E-state index contributed by atoms with van der Waals surface area (Å²) in [5, 5.41) is 8.02. The number of piperidine rings is 1. The lowest BCUT2D eigenvalue weighted by Gasteiger charge is -2.35. The van der Waals surface area contributed by atoms with Crippen LogP contribution in [0.3, 0.4) is 0 Å². The summed E-state index contributed by atoms with van der Waals surface area (Å²) in [6.45, 7) is 7.09. The number of amides is 1. The van der Waals surface area contributed by atoms with E-state index in [1.54, 1.807) is 40.4 Å². The van der Waals surface area contributed by atoms with Gasteiger partial charge < -0.3 is 15.0 Å². The number of hydrogen-bond donors (Lipinski definition) is 1. The molecule has 0 saturated carbocycles. The van der Waals surface area contributed by atoms with E-state index in [-0.39, 0.29) is 12.1 Å². The second-order valence-corrected chi connectivity index (χ2v) is 10.7. The number of carbonyl (C=O) groups is 1. The summed E-state index contributed by atoms with van der Waals surface area (Å²) < 4.78 is 5.50. The Morgan fingerprint density at radius 3 is 2.63 bits per heavy atom. The summed E-state index contributed by atoms with van der Waals surface area (Å²) in [6, 6.07) is 6.51. The molecule has 1 amide bonds. The summed E-state index contributed by atoms with van der Waals surface area (Å²) in [5.41, 5.74) is 0.754. The number of thiocarbonyl (C=S) groups is 1. The molecule has 0 radical (unpaired) electrons. The number of thiophene rings is 1. The lowest BCUT2D eigenvalue weighted by molar-refractivity contribution is 0.0197. The zero-order chi connectivity index (χ0) is 21.6. The van der Waals surface area contributed by atoms with Crippen LogP contribution in [0.25, 0.3) is 0 Å². The molecule has 5 nitrogen and oxygen atoms in total. The van der Waals surface area contributed by atoms with Crippen LogP contribution < -0.4 is 5.32 Å². The molecule has 0 bridgehead atoms. The van der Waals surface area contributed by atoms with Crippen LogP contribution in [0.5, 0.6) is 0 Å². The number of ether oxygens (including phenoxy) is 1. The Bertz CT molecular complexity index is 814. The molecule has 1 fully saturated rings. The van der Waals surface area contributed by atoms with Crippen molar-refractivity contribution in [2.75, 3.05) is 18.8 Å². The maximum absolute atomic E-state index is 12.3. The number of carbonyl (C=O) groups excluding carboxylic acids is 1. The average molecular weight is 464 g/mol. The molecular weight excluding hydrogens is 434 g/mol. The predicted octanol–water partition coefficient (Wildman–Crippen LogP) is 5.34. The van der Waals surface area contributed by atoms with Gasteiger partial charge in [-0.25, -0.2) is 4.79 Å².